The zero-order valence-electron chi connectivity index (χ0n) is 12.0. The molecule has 1 aromatic heterocycles. The second-order valence-corrected chi connectivity index (χ2v) is 4.65. The molecule has 0 saturated carbocycles. The number of aryl methyl sites for hydroxylation is 1. The Morgan fingerprint density at radius 2 is 2.14 bits per heavy atom. The number of anilines is 2. The molecule has 0 aliphatic heterocycles. The molecule has 1 heterocycles. The van der Waals surface area contributed by atoms with Gasteiger partial charge in [-0.25, -0.2) is 9.37 Å². The Kier molecular flexibility index (Phi) is 4.81. The summed E-state index contributed by atoms with van der Waals surface area (Å²) < 4.78 is 13.7. The van der Waals surface area contributed by atoms with Crippen molar-refractivity contribution in [2.24, 2.45) is 0 Å². The molecule has 0 aliphatic rings. The molecular weight excluding hydrogens is 271 g/mol. The largest absolute Gasteiger partial charge is 0.369 e. The molecule has 2 N–H and O–H groups in total. The van der Waals surface area contributed by atoms with E-state index in [0.29, 0.717) is 5.82 Å². The number of aromatic nitrogens is 2. The van der Waals surface area contributed by atoms with Crippen LogP contribution < -0.4 is 10.6 Å². The van der Waals surface area contributed by atoms with Crippen LogP contribution in [0.25, 0.3) is 0 Å². The zero-order chi connectivity index (χ0) is 15.2. The van der Waals surface area contributed by atoms with E-state index < -0.39 is 11.7 Å². The Labute approximate surface area is 122 Å². The Bertz CT molecular complexity index is 645. The van der Waals surface area contributed by atoms with Crippen molar-refractivity contribution in [3.63, 3.8) is 0 Å². The van der Waals surface area contributed by atoms with E-state index in [4.69, 9.17) is 0 Å². The molecule has 0 bridgehead atoms. The van der Waals surface area contributed by atoms with Crippen LogP contribution in [-0.4, -0.2) is 22.4 Å². The van der Waals surface area contributed by atoms with E-state index in [-0.39, 0.29) is 11.4 Å². The molecular formula is C15H17FN4O. The highest BCUT2D eigenvalue weighted by molar-refractivity contribution is 6.02. The molecule has 0 atom stereocenters. The number of nitrogens with one attached hydrogen (secondary N) is 2. The fourth-order valence-corrected chi connectivity index (χ4v) is 1.72. The smallest absolute Gasteiger partial charge is 0.276 e. The van der Waals surface area contributed by atoms with Crippen LogP contribution in [-0.2, 0) is 0 Å². The van der Waals surface area contributed by atoms with Gasteiger partial charge in [-0.3, -0.25) is 9.78 Å². The number of carbonyl (C=O) groups excluding carboxylic acids is 1. The molecule has 2 aromatic rings. The highest BCUT2D eigenvalue weighted by Gasteiger charge is 2.11. The van der Waals surface area contributed by atoms with Crippen LogP contribution in [0.1, 0.15) is 29.4 Å². The predicted octanol–water partition coefficient (Wildman–Crippen LogP) is 3.00. The standard InChI is InChI=1S/C15H17FN4O/c1-3-6-18-14-9-17-8-13(19-14)15(21)20-12-5-4-10(2)7-11(12)16/h4-5,7-9H,3,6H2,1-2H3,(H,18,19)(H,20,21). The van der Waals surface area contributed by atoms with Gasteiger partial charge >= 0.3 is 0 Å². The van der Waals surface area contributed by atoms with Crippen LogP contribution >= 0.6 is 0 Å². The van der Waals surface area contributed by atoms with E-state index in [1.54, 1.807) is 19.2 Å². The van der Waals surface area contributed by atoms with Gasteiger partial charge in [0.15, 0.2) is 0 Å². The van der Waals surface area contributed by atoms with Crippen molar-refractivity contribution in [3.05, 3.63) is 47.7 Å². The molecule has 0 radical (unpaired) electrons. The number of benzene rings is 1. The lowest BCUT2D eigenvalue weighted by Gasteiger charge is -2.08. The van der Waals surface area contributed by atoms with Crippen LogP contribution in [0.5, 0.6) is 0 Å². The van der Waals surface area contributed by atoms with Gasteiger partial charge in [0.25, 0.3) is 5.91 Å². The van der Waals surface area contributed by atoms with Crippen LogP contribution in [0.3, 0.4) is 0 Å². The molecule has 110 valence electrons. The maximum Gasteiger partial charge on any atom is 0.276 e. The summed E-state index contributed by atoms with van der Waals surface area (Å²) >= 11 is 0. The molecule has 0 aliphatic carbocycles. The number of nitrogens with zero attached hydrogens (tertiary/aromatic N) is 2. The molecule has 5 nitrogen and oxygen atoms in total. The van der Waals surface area contributed by atoms with Crippen LogP contribution in [0.15, 0.2) is 30.6 Å². The number of hydrogen-bond acceptors (Lipinski definition) is 4. The van der Waals surface area contributed by atoms with Crippen LogP contribution in [0.2, 0.25) is 0 Å². The minimum atomic E-state index is -0.495. The first-order chi connectivity index (χ1) is 10.1. The fourth-order valence-electron chi connectivity index (χ4n) is 1.72. The van der Waals surface area contributed by atoms with E-state index in [0.717, 1.165) is 18.5 Å². The number of carbonyl (C=O) groups is 1. The lowest BCUT2D eigenvalue weighted by Crippen LogP contribution is -2.16. The minimum Gasteiger partial charge on any atom is -0.369 e. The monoisotopic (exact) mass is 288 g/mol. The van der Waals surface area contributed by atoms with Gasteiger partial charge in [0.2, 0.25) is 0 Å². The lowest BCUT2D eigenvalue weighted by molar-refractivity contribution is 0.102. The first-order valence-electron chi connectivity index (χ1n) is 6.73. The van der Waals surface area contributed by atoms with Gasteiger partial charge in [-0.05, 0) is 31.0 Å². The minimum absolute atomic E-state index is 0.124. The average molecular weight is 288 g/mol. The van der Waals surface area contributed by atoms with Gasteiger partial charge in [0, 0.05) is 6.54 Å². The summed E-state index contributed by atoms with van der Waals surface area (Å²) in [6, 6.07) is 4.61. The van der Waals surface area contributed by atoms with E-state index in [1.807, 2.05) is 6.92 Å². The molecule has 0 unspecified atom stereocenters. The van der Waals surface area contributed by atoms with Gasteiger partial charge in [0.05, 0.1) is 18.1 Å². The topological polar surface area (TPSA) is 66.9 Å². The third-order valence-electron chi connectivity index (χ3n) is 2.80. The first-order valence-corrected chi connectivity index (χ1v) is 6.73. The normalized spacial score (nSPS) is 10.2. The van der Waals surface area contributed by atoms with Crippen LogP contribution in [0.4, 0.5) is 15.9 Å². The third-order valence-corrected chi connectivity index (χ3v) is 2.80. The van der Waals surface area contributed by atoms with Crippen LogP contribution in [0, 0.1) is 12.7 Å². The van der Waals surface area contributed by atoms with Crippen molar-refractivity contribution in [2.75, 3.05) is 17.2 Å². The SMILES string of the molecule is CCCNc1cncc(C(=O)Nc2ccc(C)cc2F)n1. The van der Waals surface area contributed by atoms with E-state index in [1.165, 1.54) is 18.3 Å². The first kappa shape index (κ1) is 14.9. The van der Waals surface area contributed by atoms with Crippen molar-refractivity contribution >= 4 is 17.4 Å². The van der Waals surface area contributed by atoms with E-state index in [9.17, 15) is 9.18 Å². The second kappa shape index (κ2) is 6.78. The van der Waals surface area contributed by atoms with Crippen molar-refractivity contribution in [3.8, 4) is 0 Å². The molecule has 0 saturated heterocycles. The number of halogens is 1. The highest BCUT2D eigenvalue weighted by atomic mass is 19.1. The lowest BCUT2D eigenvalue weighted by atomic mass is 10.2. The predicted molar refractivity (Wildman–Crippen MR) is 79.9 cm³/mol. The van der Waals surface area contributed by atoms with Crippen molar-refractivity contribution in [1.82, 2.24) is 9.97 Å². The van der Waals surface area contributed by atoms with Gasteiger partial charge in [-0.2, -0.15) is 0 Å². The molecule has 2 rings (SSSR count). The Balaban J connectivity index is 2.12. The number of rotatable bonds is 5. The van der Waals surface area contributed by atoms with Gasteiger partial charge in [0.1, 0.15) is 17.3 Å². The van der Waals surface area contributed by atoms with Crippen molar-refractivity contribution < 1.29 is 9.18 Å². The van der Waals surface area contributed by atoms with Crippen molar-refractivity contribution in [2.45, 2.75) is 20.3 Å². The molecule has 0 spiro atoms. The second-order valence-electron chi connectivity index (χ2n) is 4.65. The summed E-state index contributed by atoms with van der Waals surface area (Å²) in [5.41, 5.74) is 1.05. The van der Waals surface area contributed by atoms with Crippen molar-refractivity contribution in [1.29, 1.82) is 0 Å². The molecule has 1 aromatic carbocycles. The summed E-state index contributed by atoms with van der Waals surface area (Å²) in [5, 5.41) is 5.54. The molecule has 0 fully saturated rings. The van der Waals surface area contributed by atoms with Gasteiger partial charge < -0.3 is 10.6 Å². The summed E-state index contributed by atoms with van der Waals surface area (Å²) in [6.45, 7) is 4.55. The third kappa shape index (κ3) is 3.98. The summed E-state index contributed by atoms with van der Waals surface area (Å²) in [7, 11) is 0. The number of hydrogen-bond donors (Lipinski definition) is 2. The Morgan fingerprint density at radius 3 is 2.86 bits per heavy atom. The summed E-state index contributed by atoms with van der Waals surface area (Å²) in [5.74, 6) is -0.448. The Morgan fingerprint density at radius 1 is 1.33 bits per heavy atom. The highest BCUT2D eigenvalue weighted by Crippen LogP contribution is 2.16. The summed E-state index contributed by atoms with van der Waals surface area (Å²) in [6.07, 6.45) is 3.82. The van der Waals surface area contributed by atoms with Gasteiger partial charge in [-0.15, -0.1) is 0 Å². The maximum absolute atomic E-state index is 13.7. The van der Waals surface area contributed by atoms with Gasteiger partial charge in [-0.1, -0.05) is 13.0 Å². The quantitative estimate of drug-likeness (QED) is 0.887. The number of amides is 1. The molecule has 6 heteroatoms. The summed E-state index contributed by atoms with van der Waals surface area (Å²) in [4.78, 5) is 20.2. The van der Waals surface area contributed by atoms with E-state index in [2.05, 4.69) is 20.6 Å². The zero-order valence-corrected chi connectivity index (χ0v) is 12.0. The Hall–Kier alpha value is -2.50. The maximum atomic E-state index is 13.7. The molecule has 21 heavy (non-hydrogen) atoms. The fraction of sp³-hybridized carbons (Fsp3) is 0.267. The average Bonchev–Trinajstić information content (AvgIpc) is 2.48. The van der Waals surface area contributed by atoms with E-state index >= 15 is 0 Å². The molecule has 1 amide bonds.